The number of aromatic nitrogens is 5. The number of hydrogen-bond donors (Lipinski definition) is 2. The van der Waals surface area contributed by atoms with Crippen molar-refractivity contribution in [2.75, 3.05) is 6.61 Å². The number of thioether (sulfide) groups is 1. The summed E-state index contributed by atoms with van der Waals surface area (Å²) in [5, 5.41) is 31.7. The molecule has 0 radical (unpaired) electrons. The van der Waals surface area contributed by atoms with Crippen molar-refractivity contribution in [3.05, 3.63) is 75.3 Å². The summed E-state index contributed by atoms with van der Waals surface area (Å²) in [4.78, 5) is 9.12. The molecule has 5 atom stereocenters. The van der Waals surface area contributed by atoms with Gasteiger partial charge in [0, 0.05) is 38.9 Å². The van der Waals surface area contributed by atoms with E-state index in [0.717, 1.165) is 21.5 Å². The summed E-state index contributed by atoms with van der Waals surface area (Å²) < 4.78 is 55.4. The third-order valence-electron chi connectivity index (χ3n) is 5.73. The molecule has 1 saturated heterocycles. The van der Waals surface area contributed by atoms with Crippen molar-refractivity contribution in [2.45, 2.75) is 41.3 Å². The van der Waals surface area contributed by atoms with Crippen LogP contribution in [-0.2, 0) is 16.1 Å². The number of benzene rings is 1. The van der Waals surface area contributed by atoms with Gasteiger partial charge in [-0.15, -0.1) is 16.4 Å². The zero-order chi connectivity index (χ0) is 26.8. The molecule has 1 aromatic carbocycles. The third kappa shape index (κ3) is 5.78. The minimum atomic E-state index is -1.59. The largest absolute Gasteiger partial charge is 0.394 e. The quantitative estimate of drug-likeness (QED) is 0.279. The maximum Gasteiger partial charge on any atom is 0.194 e. The second-order valence-corrected chi connectivity index (χ2v) is 11.3. The van der Waals surface area contributed by atoms with Gasteiger partial charge in [0.2, 0.25) is 0 Å². The highest BCUT2D eigenvalue weighted by Gasteiger charge is 2.48. The van der Waals surface area contributed by atoms with Gasteiger partial charge >= 0.3 is 0 Å². The molecule has 0 bridgehead atoms. The predicted octanol–water partition coefficient (Wildman–Crippen LogP) is 3.97. The number of hydrogen-bond acceptors (Lipinski definition) is 10. The van der Waals surface area contributed by atoms with Crippen LogP contribution in [0.5, 0.6) is 0 Å². The van der Waals surface area contributed by atoms with Crippen LogP contribution in [0.2, 0.25) is 0 Å². The van der Waals surface area contributed by atoms with Crippen molar-refractivity contribution in [1.29, 1.82) is 0 Å². The maximum atomic E-state index is 13.8. The summed E-state index contributed by atoms with van der Waals surface area (Å²) in [6.07, 6.45) is 3.11. The van der Waals surface area contributed by atoms with Gasteiger partial charge in [0.25, 0.3) is 0 Å². The number of aliphatic hydroxyl groups excluding tert-OH is 2. The van der Waals surface area contributed by atoms with Gasteiger partial charge in [-0.05, 0) is 34.1 Å². The lowest BCUT2D eigenvalue weighted by atomic mass is 9.97. The SMILES string of the molecule is OCC1O[C@H](Sc2cncc(Br)c2)C(OCc2nccs2)[C@@H](n2cc(-c3cc(F)c(F)c(F)c3)nn2)[C@H]1O. The molecule has 1 fully saturated rings. The highest BCUT2D eigenvalue weighted by molar-refractivity contribution is 9.10. The van der Waals surface area contributed by atoms with Gasteiger partial charge in [0.1, 0.15) is 40.5 Å². The fourth-order valence-electron chi connectivity index (χ4n) is 3.98. The van der Waals surface area contributed by atoms with Crippen molar-refractivity contribution < 1.29 is 32.9 Å². The second-order valence-electron chi connectivity index (χ2n) is 8.20. The monoisotopic (exact) mass is 629 g/mol. The van der Waals surface area contributed by atoms with Crippen LogP contribution in [0.4, 0.5) is 13.2 Å². The molecule has 1 aliphatic rings. The molecule has 15 heteroatoms. The zero-order valence-corrected chi connectivity index (χ0v) is 22.4. The van der Waals surface area contributed by atoms with Crippen molar-refractivity contribution in [2.24, 2.45) is 0 Å². The highest BCUT2D eigenvalue weighted by Crippen LogP contribution is 2.40. The summed E-state index contributed by atoms with van der Waals surface area (Å²) >= 11 is 6.05. The smallest absolute Gasteiger partial charge is 0.194 e. The molecule has 38 heavy (non-hydrogen) atoms. The Bertz CT molecular complexity index is 1380. The van der Waals surface area contributed by atoms with Crippen LogP contribution < -0.4 is 0 Å². The summed E-state index contributed by atoms with van der Waals surface area (Å²) in [6, 6.07) is 2.51. The number of thiazole rings is 1. The van der Waals surface area contributed by atoms with E-state index in [1.807, 2.05) is 6.07 Å². The molecular formula is C23H19BrF3N5O4S2. The fourth-order valence-corrected chi connectivity index (χ4v) is 6.19. The number of aliphatic hydroxyl groups is 2. The van der Waals surface area contributed by atoms with Crippen LogP contribution in [0.1, 0.15) is 11.0 Å². The van der Waals surface area contributed by atoms with E-state index in [2.05, 4.69) is 36.2 Å². The minimum Gasteiger partial charge on any atom is -0.394 e. The third-order valence-corrected chi connectivity index (χ3v) is 8.03. The van der Waals surface area contributed by atoms with Crippen LogP contribution in [-0.4, -0.2) is 65.5 Å². The lowest BCUT2D eigenvalue weighted by Gasteiger charge is -2.43. The van der Waals surface area contributed by atoms with Crippen molar-refractivity contribution in [1.82, 2.24) is 25.0 Å². The number of nitrogens with zero attached hydrogens (tertiary/aromatic N) is 5. The van der Waals surface area contributed by atoms with Crippen molar-refractivity contribution in [3.63, 3.8) is 0 Å². The lowest BCUT2D eigenvalue weighted by molar-refractivity contribution is -0.196. The zero-order valence-electron chi connectivity index (χ0n) is 19.2. The number of ether oxygens (including phenoxy) is 2. The average Bonchev–Trinajstić information content (AvgIpc) is 3.59. The van der Waals surface area contributed by atoms with E-state index in [0.29, 0.717) is 5.01 Å². The van der Waals surface area contributed by atoms with Crippen LogP contribution in [0.3, 0.4) is 0 Å². The number of halogens is 4. The summed E-state index contributed by atoms with van der Waals surface area (Å²) in [7, 11) is 0. The van der Waals surface area contributed by atoms with Gasteiger partial charge in [-0.1, -0.05) is 17.0 Å². The van der Waals surface area contributed by atoms with Gasteiger partial charge in [0.05, 0.1) is 19.4 Å². The van der Waals surface area contributed by atoms with E-state index in [1.165, 1.54) is 34.0 Å². The van der Waals surface area contributed by atoms with Gasteiger partial charge in [-0.25, -0.2) is 22.8 Å². The molecule has 5 rings (SSSR count). The first kappa shape index (κ1) is 27.2. The minimum absolute atomic E-state index is 0.0423. The highest BCUT2D eigenvalue weighted by atomic mass is 79.9. The Morgan fingerprint density at radius 3 is 2.66 bits per heavy atom. The summed E-state index contributed by atoms with van der Waals surface area (Å²) in [5.74, 6) is -4.33. The molecule has 0 spiro atoms. The summed E-state index contributed by atoms with van der Waals surface area (Å²) in [6.45, 7) is -0.400. The Hall–Kier alpha value is -2.40. The Morgan fingerprint density at radius 2 is 1.97 bits per heavy atom. The standard InChI is InChI=1S/C23H19BrF3N5O4S2/c24-12-5-13(7-28-6-12)38-23-22(35-10-18-29-1-2-37-18)20(21(34)17(9-33)36-23)32-8-16(30-31-32)11-3-14(25)19(27)15(26)4-11/h1-8,17,20-23,33-34H,9-10H2/t17?,20-,21-,22?,23+/m0/s1. The first-order valence-electron chi connectivity index (χ1n) is 11.1. The molecule has 1 aliphatic heterocycles. The Labute approximate surface area is 230 Å². The van der Waals surface area contributed by atoms with E-state index in [-0.39, 0.29) is 17.9 Å². The first-order valence-corrected chi connectivity index (χ1v) is 13.7. The van der Waals surface area contributed by atoms with E-state index in [4.69, 9.17) is 9.47 Å². The van der Waals surface area contributed by atoms with Crippen molar-refractivity contribution in [3.8, 4) is 11.3 Å². The van der Waals surface area contributed by atoms with E-state index >= 15 is 0 Å². The molecule has 3 aromatic heterocycles. The number of rotatable bonds is 8. The predicted molar refractivity (Wildman–Crippen MR) is 135 cm³/mol. The molecule has 4 heterocycles. The maximum absolute atomic E-state index is 13.8. The lowest BCUT2D eigenvalue weighted by Crippen LogP contribution is -2.55. The van der Waals surface area contributed by atoms with Crippen LogP contribution in [0.15, 0.2) is 57.7 Å². The van der Waals surface area contributed by atoms with Gasteiger partial charge < -0.3 is 19.7 Å². The van der Waals surface area contributed by atoms with Gasteiger partial charge in [-0.3, -0.25) is 4.98 Å². The topological polar surface area (TPSA) is 115 Å². The molecule has 2 unspecified atom stereocenters. The van der Waals surface area contributed by atoms with Crippen molar-refractivity contribution >= 4 is 39.0 Å². The fraction of sp³-hybridized carbons (Fsp3) is 0.304. The Balaban J connectivity index is 1.51. The molecule has 4 aromatic rings. The Kier molecular flexibility index (Phi) is 8.42. The average molecular weight is 630 g/mol. The van der Waals surface area contributed by atoms with E-state index < -0.39 is 53.8 Å². The molecule has 0 saturated carbocycles. The first-order chi connectivity index (χ1) is 18.3. The van der Waals surface area contributed by atoms with Gasteiger partial charge in [0.15, 0.2) is 17.5 Å². The summed E-state index contributed by atoms with van der Waals surface area (Å²) in [5.41, 5.74) is -0.745. The van der Waals surface area contributed by atoms with Crippen LogP contribution >= 0.6 is 39.0 Å². The van der Waals surface area contributed by atoms with Gasteiger partial charge in [-0.2, -0.15) is 0 Å². The molecule has 0 aliphatic carbocycles. The molecule has 2 N–H and O–H groups in total. The van der Waals surface area contributed by atoms with E-state index in [1.54, 1.807) is 24.0 Å². The van der Waals surface area contributed by atoms with Crippen LogP contribution in [0, 0.1) is 17.5 Å². The second kappa shape index (κ2) is 11.8. The molecule has 0 amide bonds. The normalized spacial score (nSPS) is 23.6. The Morgan fingerprint density at radius 1 is 1.18 bits per heavy atom. The van der Waals surface area contributed by atoms with Crippen LogP contribution in [0.25, 0.3) is 11.3 Å². The van der Waals surface area contributed by atoms with E-state index in [9.17, 15) is 23.4 Å². The molecule has 200 valence electrons. The molecule has 9 nitrogen and oxygen atoms in total. The number of pyridine rings is 1. The molecular weight excluding hydrogens is 611 g/mol.